The van der Waals surface area contributed by atoms with Crippen LogP contribution < -0.4 is 10.9 Å². The molecule has 1 heterocycles. The van der Waals surface area contributed by atoms with Crippen molar-refractivity contribution in [3.63, 3.8) is 0 Å². The molecule has 1 N–H and O–H groups in total. The summed E-state index contributed by atoms with van der Waals surface area (Å²) < 4.78 is 2.17. The second-order valence-corrected chi connectivity index (χ2v) is 7.63. The number of carbonyl (C=O) groups excluding carboxylic acids is 1. The number of aryl methyl sites for hydroxylation is 1. The maximum absolute atomic E-state index is 12.4. The van der Waals surface area contributed by atoms with Crippen molar-refractivity contribution >= 4 is 21.8 Å². The number of benzene rings is 2. The van der Waals surface area contributed by atoms with Crippen LogP contribution in [-0.2, 0) is 17.8 Å². The third-order valence-electron chi connectivity index (χ3n) is 4.42. The summed E-state index contributed by atoms with van der Waals surface area (Å²) in [5.74, 6) is -0.219. The third-order valence-corrected chi connectivity index (χ3v) is 4.94. The van der Waals surface area contributed by atoms with E-state index in [1.165, 1.54) is 16.3 Å². The zero-order valence-corrected chi connectivity index (χ0v) is 17.2. The molecule has 144 valence electrons. The molecular weight excluding hydrogens is 418 g/mol. The molecule has 0 saturated carbocycles. The lowest BCUT2D eigenvalue weighted by Crippen LogP contribution is -2.38. The van der Waals surface area contributed by atoms with E-state index in [1.54, 1.807) is 6.07 Å². The number of hydrogen-bond donors (Lipinski definition) is 1. The Morgan fingerprint density at radius 3 is 2.50 bits per heavy atom. The number of amides is 1. The Kier molecular flexibility index (Phi) is 6.76. The van der Waals surface area contributed by atoms with Gasteiger partial charge in [-0.3, -0.25) is 9.59 Å². The summed E-state index contributed by atoms with van der Waals surface area (Å²) in [6, 6.07) is 20.9. The highest BCUT2D eigenvalue weighted by atomic mass is 79.9. The molecule has 0 fully saturated rings. The minimum atomic E-state index is -0.298. The highest BCUT2D eigenvalue weighted by molar-refractivity contribution is 9.10. The van der Waals surface area contributed by atoms with Gasteiger partial charge < -0.3 is 5.32 Å². The van der Waals surface area contributed by atoms with Gasteiger partial charge in [-0.25, -0.2) is 4.68 Å². The van der Waals surface area contributed by atoms with Crippen LogP contribution in [0.2, 0.25) is 0 Å². The van der Waals surface area contributed by atoms with E-state index in [4.69, 9.17) is 0 Å². The fraction of sp³-hybridized carbons (Fsp3) is 0.227. The summed E-state index contributed by atoms with van der Waals surface area (Å²) in [7, 11) is 0. The molecule has 0 radical (unpaired) electrons. The molecular formula is C22H22BrN3O2. The second kappa shape index (κ2) is 9.46. The van der Waals surface area contributed by atoms with Gasteiger partial charge >= 0.3 is 0 Å². The standard InChI is InChI=1S/C22H22BrN3O2/c1-16(7-8-17-5-3-2-4-6-17)24-21(27)15-26-22(28)14-13-20(25-26)18-9-11-19(23)12-10-18/h2-6,9-14,16H,7-8,15H2,1H3,(H,24,27)/t16-/m0/s1. The first kappa shape index (κ1) is 20.0. The number of hydrogen-bond acceptors (Lipinski definition) is 3. The summed E-state index contributed by atoms with van der Waals surface area (Å²) in [6.07, 6.45) is 1.72. The van der Waals surface area contributed by atoms with Crippen molar-refractivity contribution < 1.29 is 4.79 Å². The topological polar surface area (TPSA) is 64.0 Å². The molecule has 1 atom stereocenters. The first-order chi connectivity index (χ1) is 13.5. The Morgan fingerprint density at radius 2 is 1.79 bits per heavy atom. The second-order valence-electron chi connectivity index (χ2n) is 6.71. The largest absolute Gasteiger partial charge is 0.352 e. The molecule has 0 unspecified atom stereocenters. The fourth-order valence-corrected chi connectivity index (χ4v) is 3.16. The van der Waals surface area contributed by atoms with E-state index in [0.717, 1.165) is 22.9 Å². The van der Waals surface area contributed by atoms with Gasteiger partial charge in [-0.05, 0) is 43.5 Å². The van der Waals surface area contributed by atoms with Crippen LogP contribution in [0.15, 0.2) is 76.0 Å². The molecule has 3 rings (SSSR count). The molecule has 3 aromatic rings. The smallest absolute Gasteiger partial charge is 0.267 e. The number of nitrogens with zero attached hydrogens (tertiary/aromatic N) is 2. The summed E-state index contributed by atoms with van der Waals surface area (Å²) in [5.41, 5.74) is 2.47. The van der Waals surface area contributed by atoms with Gasteiger partial charge in [0.1, 0.15) is 6.54 Å². The maximum atomic E-state index is 12.4. The van der Waals surface area contributed by atoms with E-state index in [1.807, 2.05) is 49.4 Å². The van der Waals surface area contributed by atoms with E-state index < -0.39 is 0 Å². The zero-order chi connectivity index (χ0) is 19.9. The molecule has 1 amide bonds. The van der Waals surface area contributed by atoms with E-state index in [9.17, 15) is 9.59 Å². The van der Waals surface area contributed by atoms with Crippen LogP contribution in [-0.4, -0.2) is 21.7 Å². The quantitative estimate of drug-likeness (QED) is 0.608. The summed E-state index contributed by atoms with van der Waals surface area (Å²) in [5, 5.41) is 7.29. The Balaban J connectivity index is 1.61. The van der Waals surface area contributed by atoms with Crippen LogP contribution in [0.1, 0.15) is 18.9 Å². The molecule has 0 aliphatic rings. The van der Waals surface area contributed by atoms with Crippen molar-refractivity contribution in [3.05, 3.63) is 87.1 Å². The first-order valence-electron chi connectivity index (χ1n) is 9.18. The van der Waals surface area contributed by atoms with Crippen LogP contribution in [0, 0.1) is 0 Å². The molecule has 1 aromatic heterocycles. The molecule has 0 bridgehead atoms. The Morgan fingerprint density at radius 1 is 1.07 bits per heavy atom. The van der Waals surface area contributed by atoms with E-state index in [2.05, 4.69) is 38.5 Å². The molecule has 6 heteroatoms. The maximum Gasteiger partial charge on any atom is 0.267 e. The van der Waals surface area contributed by atoms with E-state index in [0.29, 0.717) is 5.69 Å². The Labute approximate surface area is 172 Å². The number of halogens is 1. The lowest BCUT2D eigenvalue weighted by molar-refractivity contribution is -0.122. The van der Waals surface area contributed by atoms with Crippen molar-refractivity contribution in [3.8, 4) is 11.3 Å². The summed E-state index contributed by atoms with van der Waals surface area (Å²) in [6.45, 7) is 1.87. The third kappa shape index (κ3) is 5.63. The minimum Gasteiger partial charge on any atom is -0.352 e. The molecule has 28 heavy (non-hydrogen) atoms. The van der Waals surface area contributed by atoms with Crippen molar-refractivity contribution in [2.24, 2.45) is 0 Å². The highest BCUT2D eigenvalue weighted by Gasteiger charge is 2.11. The zero-order valence-electron chi connectivity index (χ0n) is 15.6. The van der Waals surface area contributed by atoms with Crippen LogP contribution in [0.5, 0.6) is 0 Å². The fourth-order valence-electron chi connectivity index (χ4n) is 2.89. The first-order valence-corrected chi connectivity index (χ1v) is 9.98. The van der Waals surface area contributed by atoms with Gasteiger partial charge in [0.25, 0.3) is 5.56 Å². The molecule has 0 aliphatic carbocycles. The predicted molar refractivity (Wildman–Crippen MR) is 114 cm³/mol. The Bertz CT molecular complexity index is 985. The monoisotopic (exact) mass is 439 g/mol. The lowest BCUT2D eigenvalue weighted by Gasteiger charge is -2.14. The van der Waals surface area contributed by atoms with Gasteiger partial charge in [-0.1, -0.05) is 58.4 Å². The molecule has 0 saturated heterocycles. The van der Waals surface area contributed by atoms with E-state index in [-0.39, 0.29) is 24.1 Å². The van der Waals surface area contributed by atoms with Gasteiger partial charge in [0, 0.05) is 22.1 Å². The van der Waals surface area contributed by atoms with Crippen molar-refractivity contribution in [1.29, 1.82) is 0 Å². The number of nitrogens with one attached hydrogen (secondary N) is 1. The normalized spacial score (nSPS) is 11.8. The molecule has 0 spiro atoms. The van der Waals surface area contributed by atoms with Gasteiger partial charge in [-0.15, -0.1) is 0 Å². The average Bonchev–Trinajstić information content (AvgIpc) is 2.69. The van der Waals surface area contributed by atoms with Crippen molar-refractivity contribution in [2.45, 2.75) is 32.4 Å². The highest BCUT2D eigenvalue weighted by Crippen LogP contribution is 2.18. The van der Waals surface area contributed by atoms with Crippen LogP contribution in [0.25, 0.3) is 11.3 Å². The SMILES string of the molecule is C[C@@H](CCc1ccccc1)NC(=O)Cn1nc(-c2ccc(Br)cc2)ccc1=O. The number of carbonyl (C=O) groups is 1. The summed E-state index contributed by atoms with van der Waals surface area (Å²) in [4.78, 5) is 24.5. The van der Waals surface area contributed by atoms with Crippen LogP contribution in [0.4, 0.5) is 0 Å². The van der Waals surface area contributed by atoms with Crippen molar-refractivity contribution in [2.75, 3.05) is 0 Å². The molecule has 0 aliphatic heterocycles. The number of aromatic nitrogens is 2. The van der Waals surface area contributed by atoms with Crippen LogP contribution in [0.3, 0.4) is 0 Å². The lowest BCUT2D eigenvalue weighted by atomic mass is 10.1. The summed E-state index contributed by atoms with van der Waals surface area (Å²) >= 11 is 3.40. The van der Waals surface area contributed by atoms with Crippen LogP contribution >= 0.6 is 15.9 Å². The van der Waals surface area contributed by atoms with Gasteiger partial charge in [-0.2, -0.15) is 5.10 Å². The van der Waals surface area contributed by atoms with Gasteiger partial charge in [0.15, 0.2) is 0 Å². The minimum absolute atomic E-state index is 0.0121. The average molecular weight is 440 g/mol. The number of rotatable bonds is 7. The molecule has 2 aromatic carbocycles. The van der Waals surface area contributed by atoms with E-state index >= 15 is 0 Å². The van der Waals surface area contributed by atoms with Crippen molar-refractivity contribution in [1.82, 2.24) is 15.1 Å². The Hall–Kier alpha value is -2.73. The predicted octanol–water partition coefficient (Wildman–Crippen LogP) is 3.81. The molecule has 5 nitrogen and oxygen atoms in total. The van der Waals surface area contributed by atoms with Gasteiger partial charge in [0.05, 0.1) is 5.69 Å². The van der Waals surface area contributed by atoms with Gasteiger partial charge in [0.2, 0.25) is 5.91 Å².